The molecule has 3 aromatic rings. The number of nitrogens with zero attached hydrogens (tertiary/aromatic N) is 2. The summed E-state index contributed by atoms with van der Waals surface area (Å²) in [7, 11) is 0. The second-order valence-electron chi connectivity index (χ2n) is 5.96. The molecule has 2 heterocycles. The van der Waals surface area contributed by atoms with Gasteiger partial charge in [-0.3, -0.25) is 0 Å². The van der Waals surface area contributed by atoms with E-state index < -0.39 is 0 Å². The Hall–Kier alpha value is -2.40. The molecule has 3 N–H and O–H groups in total. The van der Waals surface area contributed by atoms with Crippen molar-refractivity contribution >= 4 is 45.2 Å². The van der Waals surface area contributed by atoms with Crippen LogP contribution < -0.4 is 11.1 Å². The molecule has 0 saturated heterocycles. The Morgan fingerprint density at radius 1 is 1.22 bits per heavy atom. The van der Waals surface area contributed by atoms with Crippen molar-refractivity contribution in [2.24, 2.45) is 0 Å². The van der Waals surface area contributed by atoms with Crippen molar-refractivity contribution in [3.05, 3.63) is 46.6 Å². The lowest BCUT2D eigenvalue weighted by Gasteiger charge is -2.03. The number of rotatable bonds is 4. The van der Waals surface area contributed by atoms with E-state index in [0.29, 0.717) is 6.04 Å². The van der Waals surface area contributed by atoms with Crippen molar-refractivity contribution in [2.45, 2.75) is 25.8 Å². The predicted molar refractivity (Wildman–Crippen MR) is 98.6 cm³/mol. The van der Waals surface area contributed by atoms with E-state index in [1.54, 1.807) is 17.7 Å². The summed E-state index contributed by atoms with van der Waals surface area (Å²) in [5, 5.41) is 5.62. The Kier molecular flexibility index (Phi) is 3.50. The van der Waals surface area contributed by atoms with Crippen molar-refractivity contribution in [3.8, 4) is 0 Å². The van der Waals surface area contributed by atoms with Gasteiger partial charge >= 0.3 is 0 Å². The van der Waals surface area contributed by atoms with Crippen LogP contribution in [0.15, 0.2) is 29.9 Å². The molecule has 0 aliphatic heterocycles. The lowest BCUT2D eigenvalue weighted by Crippen LogP contribution is -2.03. The zero-order chi connectivity index (χ0) is 15.8. The molecule has 1 aromatic carbocycles. The van der Waals surface area contributed by atoms with Crippen LogP contribution in [0.2, 0.25) is 0 Å². The maximum atomic E-state index is 5.88. The molecule has 0 bridgehead atoms. The largest absolute Gasteiger partial charge is 0.399 e. The van der Waals surface area contributed by atoms with Crippen molar-refractivity contribution in [2.75, 3.05) is 11.1 Å². The highest BCUT2D eigenvalue weighted by molar-refractivity contribution is 7.18. The second kappa shape index (κ2) is 5.66. The SMILES string of the molecule is Cc1ccc(N)cc1C=Cc1csc2c(NC3CC3)ncnc12. The molecule has 1 saturated carbocycles. The molecule has 1 aliphatic carbocycles. The number of anilines is 2. The second-order valence-corrected chi connectivity index (χ2v) is 6.84. The summed E-state index contributed by atoms with van der Waals surface area (Å²) in [6.07, 6.45) is 8.32. The number of aryl methyl sites for hydroxylation is 1. The first-order chi connectivity index (χ1) is 11.2. The zero-order valence-electron chi connectivity index (χ0n) is 12.9. The van der Waals surface area contributed by atoms with E-state index in [4.69, 9.17) is 5.73 Å². The van der Waals surface area contributed by atoms with Crippen LogP contribution >= 0.6 is 11.3 Å². The first kappa shape index (κ1) is 14.2. The first-order valence-electron chi connectivity index (χ1n) is 7.73. The summed E-state index contributed by atoms with van der Waals surface area (Å²) in [6.45, 7) is 2.09. The minimum Gasteiger partial charge on any atom is -0.399 e. The quantitative estimate of drug-likeness (QED) is 0.702. The van der Waals surface area contributed by atoms with Gasteiger partial charge in [0, 0.05) is 22.7 Å². The van der Waals surface area contributed by atoms with Crippen LogP contribution in [-0.4, -0.2) is 16.0 Å². The lowest BCUT2D eigenvalue weighted by molar-refractivity contribution is 1.11. The number of benzene rings is 1. The van der Waals surface area contributed by atoms with Crippen LogP contribution in [0.1, 0.15) is 29.5 Å². The fourth-order valence-corrected chi connectivity index (χ4v) is 3.47. The number of fused-ring (bicyclic) bond motifs is 1. The van der Waals surface area contributed by atoms with E-state index in [1.807, 2.05) is 18.2 Å². The van der Waals surface area contributed by atoms with Gasteiger partial charge in [0.2, 0.25) is 0 Å². The normalized spacial score (nSPS) is 14.7. The molecule has 4 rings (SSSR count). The van der Waals surface area contributed by atoms with Crippen LogP contribution in [-0.2, 0) is 0 Å². The van der Waals surface area contributed by atoms with Gasteiger partial charge in [-0.25, -0.2) is 9.97 Å². The molecule has 0 amide bonds. The van der Waals surface area contributed by atoms with E-state index in [2.05, 4.69) is 39.7 Å². The molecule has 116 valence electrons. The molecule has 0 unspecified atom stereocenters. The van der Waals surface area contributed by atoms with Crippen LogP contribution in [0, 0.1) is 6.92 Å². The van der Waals surface area contributed by atoms with Gasteiger partial charge in [-0.05, 0) is 43.0 Å². The van der Waals surface area contributed by atoms with Gasteiger partial charge in [0.25, 0.3) is 0 Å². The molecule has 2 aromatic heterocycles. The fraction of sp³-hybridized carbons (Fsp3) is 0.222. The lowest BCUT2D eigenvalue weighted by atomic mass is 10.1. The molecule has 0 radical (unpaired) electrons. The van der Waals surface area contributed by atoms with Gasteiger partial charge in [-0.1, -0.05) is 18.2 Å². The van der Waals surface area contributed by atoms with Gasteiger partial charge in [-0.15, -0.1) is 11.3 Å². The Bertz CT molecular complexity index is 893. The summed E-state index contributed by atoms with van der Waals surface area (Å²) in [5.74, 6) is 0.960. The Balaban J connectivity index is 1.69. The monoisotopic (exact) mass is 322 g/mol. The number of hydrogen-bond acceptors (Lipinski definition) is 5. The van der Waals surface area contributed by atoms with Crippen molar-refractivity contribution in [1.82, 2.24) is 9.97 Å². The Labute approximate surface area is 139 Å². The first-order valence-corrected chi connectivity index (χ1v) is 8.61. The average molecular weight is 322 g/mol. The molecule has 0 atom stereocenters. The molecule has 23 heavy (non-hydrogen) atoms. The molecular weight excluding hydrogens is 304 g/mol. The molecular formula is C18H18N4S. The number of nitrogens with two attached hydrogens (primary N) is 1. The van der Waals surface area contributed by atoms with E-state index in [1.165, 1.54) is 18.4 Å². The molecule has 1 fully saturated rings. The Morgan fingerprint density at radius 3 is 2.87 bits per heavy atom. The summed E-state index contributed by atoms with van der Waals surface area (Å²) < 4.78 is 1.13. The zero-order valence-corrected chi connectivity index (χ0v) is 13.7. The number of hydrogen-bond donors (Lipinski definition) is 2. The van der Waals surface area contributed by atoms with Gasteiger partial charge in [0.1, 0.15) is 12.1 Å². The number of thiophene rings is 1. The summed E-state index contributed by atoms with van der Waals surface area (Å²) in [4.78, 5) is 8.86. The highest BCUT2D eigenvalue weighted by Crippen LogP contribution is 2.33. The molecule has 0 spiro atoms. The van der Waals surface area contributed by atoms with Crippen LogP contribution in [0.3, 0.4) is 0 Å². The fourth-order valence-electron chi connectivity index (χ4n) is 2.53. The van der Waals surface area contributed by atoms with Gasteiger partial charge in [0.15, 0.2) is 0 Å². The van der Waals surface area contributed by atoms with E-state index in [-0.39, 0.29) is 0 Å². The third kappa shape index (κ3) is 2.92. The van der Waals surface area contributed by atoms with E-state index in [9.17, 15) is 0 Å². The van der Waals surface area contributed by atoms with Gasteiger partial charge < -0.3 is 11.1 Å². The number of nitrogen functional groups attached to an aromatic ring is 1. The van der Waals surface area contributed by atoms with Crippen molar-refractivity contribution in [3.63, 3.8) is 0 Å². The standard InChI is InChI=1S/C18H18N4S/c1-11-2-5-14(19)8-12(11)3-4-13-9-23-17-16(13)20-10-21-18(17)22-15-6-7-15/h2-5,8-10,15H,6-7,19H2,1H3,(H,20,21,22). The summed E-state index contributed by atoms with van der Waals surface area (Å²) in [6, 6.07) is 6.55. The Morgan fingerprint density at radius 2 is 2.04 bits per heavy atom. The molecule has 1 aliphatic rings. The molecule has 4 nitrogen and oxygen atoms in total. The van der Waals surface area contributed by atoms with Crippen LogP contribution in [0.4, 0.5) is 11.5 Å². The third-order valence-corrected chi connectivity index (χ3v) is 5.04. The van der Waals surface area contributed by atoms with E-state index in [0.717, 1.165) is 32.8 Å². The van der Waals surface area contributed by atoms with Crippen molar-refractivity contribution < 1.29 is 0 Å². The van der Waals surface area contributed by atoms with Crippen molar-refractivity contribution in [1.29, 1.82) is 0 Å². The maximum absolute atomic E-state index is 5.88. The minimum atomic E-state index is 0.587. The summed E-state index contributed by atoms with van der Waals surface area (Å²) >= 11 is 1.69. The number of nitrogens with one attached hydrogen (secondary N) is 1. The highest BCUT2D eigenvalue weighted by atomic mass is 32.1. The highest BCUT2D eigenvalue weighted by Gasteiger charge is 2.22. The molecule has 5 heteroatoms. The summed E-state index contributed by atoms with van der Waals surface area (Å²) in [5.41, 5.74) is 11.1. The predicted octanol–water partition coefficient (Wildman–Crippen LogP) is 4.33. The maximum Gasteiger partial charge on any atom is 0.147 e. The van der Waals surface area contributed by atoms with Crippen LogP contribution in [0.25, 0.3) is 22.4 Å². The third-order valence-electron chi connectivity index (χ3n) is 4.04. The smallest absolute Gasteiger partial charge is 0.147 e. The van der Waals surface area contributed by atoms with Crippen LogP contribution in [0.5, 0.6) is 0 Å². The number of aromatic nitrogens is 2. The van der Waals surface area contributed by atoms with Gasteiger partial charge in [-0.2, -0.15) is 0 Å². The van der Waals surface area contributed by atoms with E-state index >= 15 is 0 Å². The minimum absolute atomic E-state index is 0.587. The average Bonchev–Trinajstić information content (AvgIpc) is 3.26. The topological polar surface area (TPSA) is 63.8 Å². The van der Waals surface area contributed by atoms with Gasteiger partial charge in [0.05, 0.1) is 10.2 Å².